The van der Waals surface area contributed by atoms with Crippen LogP contribution in [0.3, 0.4) is 0 Å². The van der Waals surface area contributed by atoms with E-state index in [9.17, 15) is 9.50 Å². The van der Waals surface area contributed by atoms with Gasteiger partial charge in [-0.3, -0.25) is 4.99 Å². The van der Waals surface area contributed by atoms with Crippen LogP contribution in [0, 0.1) is 12.7 Å². The van der Waals surface area contributed by atoms with Gasteiger partial charge < -0.3 is 20.7 Å². The van der Waals surface area contributed by atoms with Gasteiger partial charge in [0.2, 0.25) is 0 Å². The smallest absolute Gasteiger partial charge is 0.191 e. The van der Waals surface area contributed by atoms with Gasteiger partial charge in [0.15, 0.2) is 5.96 Å². The zero-order valence-electron chi connectivity index (χ0n) is 16.3. The highest BCUT2D eigenvalue weighted by Gasteiger charge is 2.09. The molecule has 0 aliphatic carbocycles. The summed E-state index contributed by atoms with van der Waals surface area (Å²) in [6.07, 6.45) is 2.14. The molecule has 3 rings (SSSR count). The summed E-state index contributed by atoms with van der Waals surface area (Å²) >= 11 is 0. The molecule has 0 saturated heterocycles. The fourth-order valence-corrected chi connectivity index (χ4v) is 3.20. The Bertz CT molecular complexity index is 933. The zero-order valence-corrected chi connectivity index (χ0v) is 16.3. The van der Waals surface area contributed by atoms with E-state index in [2.05, 4.69) is 51.9 Å². The third-order valence-corrected chi connectivity index (χ3v) is 4.72. The van der Waals surface area contributed by atoms with Gasteiger partial charge in [-0.1, -0.05) is 30.3 Å². The molecule has 0 amide bonds. The molecular formula is C22H27FN4O. The number of aliphatic hydroxyl groups is 1. The summed E-state index contributed by atoms with van der Waals surface area (Å²) in [5.41, 5.74) is 4.32. The number of fused-ring (bicyclic) bond motifs is 1. The lowest BCUT2D eigenvalue weighted by Gasteiger charge is -2.13. The Morgan fingerprint density at radius 3 is 2.71 bits per heavy atom. The average molecular weight is 382 g/mol. The average Bonchev–Trinajstić information content (AvgIpc) is 3.11. The van der Waals surface area contributed by atoms with Crippen LogP contribution in [0.2, 0.25) is 0 Å². The molecule has 0 aliphatic rings. The van der Waals surface area contributed by atoms with Crippen LogP contribution in [-0.4, -0.2) is 35.7 Å². The Morgan fingerprint density at radius 2 is 1.96 bits per heavy atom. The number of aliphatic hydroxyl groups excluding tert-OH is 1. The first-order valence-corrected chi connectivity index (χ1v) is 9.59. The van der Waals surface area contributed by atoms with Gasteiger partial charge in [0.1, 0.15) is 5.82 Å². The van der Waals surface area contributed by atoms with Gasteiger partial charge in [0.05, 0.1) is 12.6 Å². The van der Waals surface area contributed by atoms with E-state index < -0.39 is 6.10 Å². The molecular weight excluding hydrogens is 355 g/mol. The van der Waals surface area contributed by atoms with Crippen molar-refractivity contribution in [1.82, 2.24) is 15.6 Å². The summed E-state index contributed by atoms with van der Waals surface area (Å²) in [5, 5.41) is 18.0. The van der Waals surface area contributed by atoms with Crippen LogP contribution in [0.1, 0.15) is 29.7 Å². The highest BCUT2D eigenvalue weighted by atomic mass is 19.1. The molecule has 28 heavy (non-hydrogen) atoms. The third-order valence-electron chi connectivity index (χ3n) is 4.72. The lowest BCUT2D eigenvalue weighted by atomic mass is 10.1. The molecule has 1 unspecified atom stereocenters. The van der Waals surface area contributed by atoms with E-state index in [0.717, 1.165) is 19.5 Å². The molecule has 1 aromatic heterocycles. The second-order valence-corrected chi connectivity index (χ2v) is 6.78. The quantitative estimate of drug-likeness (QED) is 0.374. The molecule has 4 N–H and O–H groups in total. The number of aromatic amines is 1. The van der Waals surface area contributed by atoms with Crippen molar-refractivity contribution in [2.45, 2.75) is 26.4 Å². The van der Waals surface area contributed by atoms with Crippen molar-refractivity contribution in [3.63, 3.8) is 0 Å². The van der Waals surface area contributed by atoms with Gasteiger partial charge in [-0.05, 0) is 49.1 Å². The van der Waals surface area contributed by atoms with E-state index in [1.54, 1.807) is 12.1 Å². The molecule has 5 nitrogen and oxygen atoms in total. The molecule has 0 spiro atoms. The van der Waals surface area contributed by atoms with E-state index in [-0.39, 0.29) is 12.4 Å². The molecule has 0 bridgehead atoms. The Labute approximate surface area is 164 Å². The van der Waals surface area contributed by atoms with E-state index in [1.165, 1.54) is 34.2 Å². The second-order valence-electron chi connectivity index (χ2n) is 6.78. The van der Waals surface area contributed by atoms with Gasteiger partial charge in [-0.2, -0.15) is 0 Å². The van der Waals surface area contributed by atoms with Crippen LogP contribution in [0.25, 0.3) is 10.9 Å². The second kappa shape index (κ2) is 9.37. The first-order chi connectivity index (χ1) is 13.6. The first kappa shape index (κ1) is 19.9. The fourth-order valence-electron chi connectivity index (χ4n) is 3.20. The zero-order chi connectivity index (χ0) is 19.9. The number of hydrogen-bond donors (Lipinski definition) is 4. The molecule has 1 heterocycles. The molecule has 148 valence electrons. The molecule has 3 aromatic rings. The van der Waals surface area contributed by atoms with E-state index in [1.807, 2.05) is 6.92 Å². The summed E-state index contributed by atoms with van der Waals surface area (Å²) < 4.78 is 13.0. The maximum atomic E-state index is 13.0. The van der Waals surface area contributed by atoms with Crippen molar-refractivity contribution < 1.29 is 9.50 Å². The van der Waals surface area contributed by atoms with E-state index in [0.29, 0.717) is 11.5 Å². The summed E-state index contributed by atoms with van der Waals surface area (Å²) in [4.78, 5) is 7.80. The Kier molecular flexibility index (Phi) is 6.66. The molecule has 2 aromatic carbocycles. The highest BCUT2D eigenvalue weighted by Crippen LogP contribution is 2.21. The monoisotopic (exact) mass is 382 g/mol. The Morgan fingerprint density at radius 1 is 1.18 bits per heavy atom. The van der Waals surface area contributed by atoms with Crippen LogP contribution in [-0.2, 0) is 6.42 Å². The SMILES string of the molecule is CCNC(=NCC(O)c1ccc(F)cc1)NCCc1c[nH]c2c(C)cccc12. The van der Waals surface area contributed by atoms with Crippen LogP contribution >= 0.6 is 0 Å². The van der Waals surface area contributed by atoms with Crippen LogP contribution in [0.5, 0.6) is 0 Å². The predicted octanol–water partition coefficient (Wildman–Crippen LogP) is 3.45. The van der Waals surface area contributed by atoms with Crippen LogP contribution in [0.15, 0.2) is 53.7 Å². The predicted molar refractivity (Wildman–Crippen MR) is 112 cm³/mol. The number of benzene rings is 2. The lowest BCUT2D eigenvalue weighted by Crippen LogP contribution is -2.38. The fraction of sp³-hybridized carbons (Fsp3) is 0.318. The number of aryl methyl sites for hydroxylation is 1. The summed E-state index contributed by atoms with van der Waals surface area (Å²) in [6, 6.07) is 12.1. The number of rotatable bonds is 7. The minimum Gasteiger partial charge on any atom is -0.386 e. The van der Waals surface area contributed by atoms with Gasteiger partial charge in [0.25, 0.3) is 0 Å². The normalized spacial score (nSPS) is 12.9. The molecule has 6 heteroatoms. The van der Waals surface area contributed by atoms with E-state index >= 15 is 0 Å². The number of guanidine groups is 1. The molecule has 0 fully saturated rings. The highest BCUT2D eigenvalue weighted by molar-refractivity contribution is 5.86. The van der Waals surface area contributed by atoms with Crippen molar-refractivity contribution in [3.8, 4) is 0 Å². The maximum absolute atomic E-state index is 13.0. The maximum Gasteiger partial charge on any atom is 0.191 e. The van der Waals surface area contributed by atoms with Crippen molar-refractivity contribution in [3.05, 3.63) is 71.2 Å². The van der Waals surface area contributed by atoms with Crippen LogP contribution < -0.4 is 10.6 Å². The number of H-pyrrole nitrogens is 1. The number of aliphatic imine (C=N–C) groups is 1. The largest absolute Gasteiger partial charge is 0.386 e. The molecule has 0 saturated carbocycles. The summed E-state index contributed by atoms with van der Waals surface area (Å²) in [6.45, 7) is 5.75. The Balaban J connectivity index is 1.58. The lowest BCUT2D eigenvalue weighted by molar-refractivity contribution is 0.187. The number of para-hydroxylation sites is 1. The topological polar surface area (TPSA) is 72.4 Å². The minimum absolute atomic E-state index is 0.202. The third kappa shape index (κ3) is 4.89. The molecule has 1 atom stereocenters. The Hall–Kier alpha value is -2.86. The standard InChI is InChI=1S/C22H27FN4O/c1-3-24-22(27-14-20(28)16-7-9-18(23)10-8-16)25-12-11-17-13-26-21-15(2)5-4-6-19(17)21/h4-10,13,20,26,28H,3,11-12,14H2,1-2H3,(H2,24,25,27). The van der Waals surface area contributed by atoms with Crippen molar-refractivity contribution >= 4 is 16.9 Å². The van der Waals surface area contributed by atoms with Crippen molar-refractivity contribution in [1.29, 1.82) is 0 Å². The van der Waals surface area contributed by atoms with Crippen LogP contribution in [0.4, 0.5) is 4.39 Å². The minimum atomic E-state index is -0.771. The molecule has 0 radical (unpaired) electrons. The van der Waals surface area contributed by atoms with Gasteiger partial charge in [0, 0.05) is 30.2 Å². The van der Waals surface area contributed by atoms with E-state index in [4.69, 9.17) is 0 Å². The summed E-state index contributed by atoms with van der Waals surface area (Å²) in [5.74, 6) is 0.335. The van der Waals surface area contributed by atoms with Crippen molar-refractivity contribution in [2.75, 3.05) is 19.6 Å². The molecule has 0 aliphatic heterocycles. The number of hydrogen-bond acceptors (Lipinski definition) is 2. The number of nitrogens with zero attached hydrogens (tertiary/aromatic N) is 1. The number of aromatic nitrogens is 1. The van der Waals surface area contributed by atoms with Crippen molar-refractivity contribution in [2.24, 2.45) is 4.99 Å². The van der Waals surface area contributed by atoms with Gasteiger partial charge >= 0.3 is 0 Å². The summed E-state index contributed by atoms with van der Waals surface area (Å²) in [7, 11) is 0. The van der Waals surface area contributed by atoms with Gasteiger partial charge in [-0.15, -0.1) is 0 Å². The first-order valence-electron chi connectivity index (χ1n) is 9.59. The number of halogens is 1. The van der Waals surface area contributed by atoms with Gasteiger partial charge in [-0.25, -0.2) is 4.39 Å². The number of nitrogens with one attached hydrogen (secondary N) is 3.